The number of sulfonamides is 1. The van der Waals surface area contributed by atoms with E-state index in [2.05, 4.69) is 5.32 Å². The number of rotatable bonds is 7. The third-order valence-corrected chi connectivity index (χ3v) is 6.40. The zero-order valence-electron chi connectivity index (χ0n) is 12.8. The van der Waals surface area contributed by atoms with Crippen LogP contribution in [0.2, 0.25) is 5.02 Å². The van der Waals surface area contributed by atoms with Crippen LogP contribution in [0.15, 0.2) is 23.1 Å². The van der Waals surface area contributed by atoms with E-state index in [1.807, 2.05) is 13.8 Å². The van der Waals surface area contributed by atoms with Crippen molar-refractivity contribution in [2.24, 2.45) is 0 Å². The number of hydrogen-bond donors (Lipinski definition) is 1. The molecule has 0 saturated heterocycles. The summed E-state index contributed by atoms with van der Waals surface area (Å²) in [6, 6.07) is 5.47. The Morgan fingerprint density at radius 1 is 1.43 bits per heavy atom. The third kappa shape index (κ3) is 3.97. The van der Waals surface area contributed by atoms with E-state index in [0.29, 0.717) is 22.5 Å². The van der Waals surface area contributed by atoms with Crippen LogP contribution in [-0.4, -0.2) is 31.9 Å². The predicted octanol–water partition coefficient (Wildman–Crippen LogP) is 3.01. The quantitative estimate of drug-likeness (QED) is 0.836. The first kappa shape index (κ1) is 16.7. The molecule has 0 radical (unpaired) electrons. The molecule has 1 fully saturated rings. The number of nitrogens with one attached hydrogen (secondary N) is 1. The van der Waals surface area contributed by atoms with E-state index in [4.69, 9.17) is 11.6 Å². The van der Waals surface area contributed by atoms with Crippen LogP contribution in [0.25, 0.3) is 0 Å². The Morgan fingerprint density at radius 3 is 2.67 bits per heavy atom. The second kappa shape index (κ2) is 6.65. The molecule has 0 spiro atoms. The Labute approximate surface area is 132 Å². The zero-order valence-corrected chi connectivity index (χ0v) is 14.3. The highest BCUT2D eigenvalue weighted by atomic mass is 35.5. The topological polar surface area (TPSA) is 49.4 Å². The van der Waals surface area contributed by atoms with Crippen LogP contribution < -0.4 is 5.32 Å². The first-order valence-corrected chi connectivity index (χ1v) is 9.18. The summed E-state index contributed by atoms with van der Waals surface area (Å²) in [5.74, 6) is 0. The van der Waals surface area contributed by atoms with Gasteiger partial charge in [-0.1, -0.05) is 18.5 Å². The smallest absolute Gasteiger partial charge is 0.243 e. The SMILES string of the molecule is CCC(C)N(C)S(=O)(=O)c1ccc(Cl)c(CNC2CC2)c1. The zero-order chi connectivity index (χ0) is 15.6. The molecule has 1 aromatic rings. The van der Waals surface area contributed by atoms with Gasteiger partial charge in [-0.3, -0.25) is 0 Å². The van der Waals surface area contributed by atoms with Crippen molar-refractivity contribution in [3.63, 3.8) is 0 Å². The van der Waals surface area contributed by atoms with Gasteiger partial charge in [0.2, 0.25) is 10.0 Å². The lowest BCUT2D eigenvalue weighted by Gasteiger charge is -2.23. The van der Waals surface area contributed by atoms with Gasteiger partial charge in [-0.05, 0) is 49.9 Å². The Balaban J connectivity index is 2.23. The van der Waals surface area contributed by atoms with Crippen LogP contribution in [0, 0.1) is 0 Å². The Hall–Kier alpha value is -0.620. The Kier molecular flexibility index (Phi) is 5.30. The average molecular weight is 331 g/mol. The lowest BCUT2D eigenvalue weighted by atomic mass is 10.2. The molecule has 0 amide bonds. The molecule has 0 aliphatic heterocycles. The average Bonchev–Trinajstić information content (AvgIpc) is 3.28. The van der Waals surface area contributed by atoms with E-state index in [9.17, 15) is 8.42 Å². The summed E-state index contributed by atoms with van der Waals surface area (Å²) in [6.07, 6.45) is 3.15. The highest BCUT2D eigenvalue weighted by molar-refractivity contribution is 7.89. The van der Waals surface area contributed by atoms with Gasteiger partial charge in [-0.2, -0.15) is 4.31 Å². The van der Waals surface area contributed by atoms with Crippen LogP contribution in [0.1, 0.15) is 38.7 Å². The number of nitrogens with zero attached hydrogens (tertiary/aromatic N) is 1. The maximum absolute atomic E-state index is 12.6. The molecule has 4 nitrogen and oxygen atoms in total. The molecule has 0 aromatic heterocycles. The first-order chi connectivity index (χ1) is 9.86. The largest absolute Gasteiger partial charge is 0.310 e. The van der Waals surface area contributed by atoms with E-state index in [1.165, 1.54) is 17.1 Å². The summed E-state index contributed by atoms with van der Waals surface area (Å²) in [7, 11) is -1.84. The van der Waals surface area contributed by atoms with Crippen LogP contribution in [-0.2, 0) is 16.6 Å². The van der Waals surface area contributed by atoms with Gasteiger partial charge in [0.05, 0.1) is 4.90 Å². The Morgan fingerprint density at radius 2 is 2.10 bits per heavy atom. The fourth-order valence-corrected chi connectivity index (χ4v) is 3.72. The molecule has 6 heteroatoms. The van der Waals surface area contributed by atoms with Crippen molar-refractivity contribution < 1.29 is 8.42 Å². The molecule has 118 valence electrons. The van der Waals surface area contributed by atoms with Crippen molar-refractivity contribution in [1.29, 1.82) is 0 Å². The lowest BCUT2D eigenvalue weighted by Crippen LogP contribution is -2.34. The van der Waals surface area contributed by atoms with E-state index >= 15 is 0 Å². The van der Waals surface area contributed by atoms with E-state index in [0.717, 1.165) is 12.0 Å². The normalized spacial score (nSPS) is 17.2. The maximum Gasteiger partial charge on any atom is 0.243 e. The lowest BCUT2D eigenvalue weighted by molar-refractivity contribution is 0.380. The monoisotopic (exact) mass is 330 g/mol. The van der Waals surface area contributed by atoms with Gasteiger partial charge in [0.25, 0.3) is 0 Å². The minimum absolute atomic E-state index is 0.0290. The molecule has 1 saturated carbocycles. The van der Waals surface area contributed by atoms with Gasteiger partial charge in [0, 0.05) is 30.7 Å². The minimum Gasteiger partial charge on any atom is -0.310 e. The highest BCUT2D eigenvalue weighted by Gasteiger charge is 2.25. The fourth-order valence-electron chi connectivity index (χ4n) is 2.05. The van der Waals surface area contributed by atoms with Crippen molar-refractivity contribution >= 4 is 21.6 Å². The van der Waals surface area contributed by atoms with E-state index in [1.54, 1.807) is 25.2 Å². The highest BCUT2D eigenvalue weighted by Crippen LogP contribution is 2.25. The summed E-state index contributed by atoms with van der Waals surface area (Å²) in [4.78, 5) is 0.308. The minimum atomic E-state index is -3.47. The molecule has 1 aliphatic rings. The van der Waals surface area contributed by atoms with Gasteiger partial charge in [-0.15, -0.1) is 0 Å². The fraction of sp³-hybridized carbons (Fsp3) is 0.600. The van der Waals surface area contributed by atoms with Crippen molar-refractivity contribution in [3.05, 3.63) is 28.8 Å². The van der Waals surface area contributed by atoms with Gasteiger partial charge >= 0.3 is 0 Å². The van der Waals surface area contributed by atoms with Crippen LogP contribution in [0.4, 0.5) is 0 Å². The van der Waals surface area contributed by atoms with E-state index < -0.39 is 10.0 Å². The first-order valence-electron chi connectivity index (χ1n) is 7.36. The van der Waals surface area contributed by atoms with Crippen molar-refractivity contribution in [2.45, 2.75) is 56.6 Å². The number of benzene rings is 1. The molecule has 2 rings (SSSR count). The predicted molar refractivity (Wildman–Crippen MR) is 86.0 cm³/mol. The second-order valence-corrected chi connectivity index (χ2v) is 8.09. The van der Waals surface area contributed by atoms with Crippen LogP contribution in [0.3, 0.4) is 0 Å². The molecular formula is C15H23ClN2O2S. The molecular weight excluding hydrogens is 308 g/mol. The van der Waals surface area contributed by atoms with Crippen molar-refractivity contribution in [2.75, 3.05) is 7.05 Å². The summed E-state index contributed by atoms with van der Waals surface area (Å²) >= 11 is 6.17. The molecule has 0 heterocycles. The van der Waals surface area contributed by atoms with Gasteiger partial charge in [-0.25, -0.2) is 8.42 Å². The van der Waals surface area contributed by atoms with Crippen LogP contribution in [0.5, 0.6) is 0 Å². The second-order valence-electron chi connectivity index (χ2n) is 5.69. The standard InChI is InChI=1S/C15H23ClN2O2S/c1-4-11(2)18(3)21(19,20)14-7-8-15(16)12(9-14)10-17-13-5-6-13/h7-9,11,13,17H,4-6,10H2,1-3H3. The van der Waals surface area contributed by atoms with Crippen LogP contribution >= 0.6 is 11.6 Å². The van der Waals surface area contributed by atoms with Gasteiger partial charge < -0.3 is 5.32 Å². The summed E-state index contributed by atoms with van der Waals surface area (Å²) in [5.41, 5.74) is 0.835. The summed E-state index contributed by atoms with van der Waals surface area (Å²) < 4.78 is 26.6. The van der Waals surface area contributed by atoms with Crippen molar-refractivity contribution in [3.8, 4) is 0 Å². The van der Waals surface area contributed by atoms with Crippen molar-refractivity contribution in [1.82, 2.24) is 9.62 Å². The van der Waals surface area contributed by atoms with Gasteiger partial charge in [0.1, 0.15) is 0 Å². The summed E-state index contributed by atoms with van der Waals surface area (Å²) in [5, 5.41) is 3.97. The van der Waals surface area contributed by atoms with E-state index in [-0.39, 0.29) is 6.04 Å². The van der Waals surface area contributed by atoms with Gasteiger partial charge in [0.15, 0.2) is 0 Å². The summed E-state index contributed by atoms with van der Waals surface area (Å²) in [6.45, 7) is 4.49. The molecule has 1 N–H and O–H groups in total. The Bertz CT molecular complexity index is 600. The molecule has 1 unspecified atom stereocenters. The molecule has 1 aliphatic carbocycles. The molecule has 1 atom stereocenters. The molecule has 0 bridgehead atoms. The molecule has 1 aromatic carbocycles. The maximum atomic E-state index is 12.6. The third-order valence-electron chi connectivity index (χ3n) is 4.06. The number of hydrogen-bond acceptors (Lipinski definition) is 3. The number of halogens is 1. The molecule has 21 heavy (non-hydrogen) atoms.